The van der Waals surface area contributed by atoms with Gasteiger partial charge >= 0.3 is 0 Å². The van der Waals surface area contributed by atoms with E-state index in [2.05, 4.69) is 132 Å². The first-order valence-electron chi connectivity index (χ1n) is 14.1. The lowest BCUT2D eigenvalue weighted by Crippen LogP contribution is -2.12. The van der Waals surface area contributed by atoms with Crippen molar-refractivity contribution in [2.75, 3.05) is 5.32 Å². The highest BCUT2D eigenvalue weighted by Crippen LogP contribution is 2.51. The smallest absolute Gasteiger partial charge is 0.0715 e. The Morgan fingerprint density at radius 2 is 1.15 bits per heavy atom. The summed E-state index contributed by atoms with van der Waals surface area (Å²) in [5.74, 6) is 0.236. The van der Waals surface area contributed by atoms with E-state index in [9.17, 15) is 0 Å². The summed E-state index contributed by atoms with van der Waals surface area (Å²) >= 11 is 0. The van der Waals surface area contributed by atoms with Crippen molar-refractivity contribution in [2.24, 2.45) is 0 Å². The summed E-state index contributed by atoms with van der Waals surface area (Å²) in [5.41, 5.74) is 9.33. The molecule has 194 valence electrons. The Bertz CT molecular complexity index is 2020. The van der Waals surface area contributed by atoms with Crippen LogP contribution in [-0.2, 0) is 0 Å². The van der Waals surface area contributed by atoms with Crippen molar-refractivity contribution in [3.8, 4) is 22.5 Å². The van der Waals surface area contributed by atoms with Crippen molar-refractivity contribution in [1.82, 2.24) is 9.97 Å². The largest absolute Gasteiger partial charge is 0.377 e. The Morgan fingerprint density at radius 1 is 0.488 bits per heavy atom. The topological polar surface area (TPSA) is 37.8 Å². The van der Waals surface area contributed by atoms with Gasteiger partial charge in [0.05, 0.1) is 17.4 Å². The van der Waals surface area contributed by atoms with Gasteiger partial charge in [-0.3, -0.25) is 4.98 Å². The molecular weight excluding hydrogens is 498 g/mol. The summed E-state index contributed by atoms with van der Waals surface area (Å²) in [6.45, 7) is 0. The molecule has 0 saturated heterocycles. The number of nitrogens with one attached hydrogen (secondary N) is 1. The number of rotatable bonds is 4. The van der Waals surface area contributed by atoms with E-state index in [1.807, 2.05) is 24.5 Å². The molecule has 5 aromatic carbocycles. The molecule has 0 saturated carbocycles. The predicted octanol–water partition coefficient (Wildman–Crippen LogP) is 9.42. The third kappa shape index (κ3) is 3.97. The van der Waals surface area contributed by atoms with Crippen LogP contribution >= 0.6 is 0 Å². The van der Waals surface area contributed by atoms with Crippen LogP contribution in [0.2, 0.25) is 0 Å². The zero-order chi connectivity index (χ0) is 27.2. The summed E-state index contributed by atoms with van der Waals surface area (Å²) in [5, 5.41) is 8.91. The van der Waals surface area contributed by atoms with Gasteiger partial charge in [0, 0.05) is 40.5 Å². The van der Waals surface area contributed by atoms with E-state index in [1.54, 1.807) is 0 Å². The van der Waals surface area contributed by atoms with Crippen LogP contribution in [0, 0.1) is 0 Å². The van der Waals surface area contributed by atoms with E-state index in [0.717, 1.165) is 22.5 Å². The molecule has 0 bridgehead atoms. The predicted molar refractivity (Wildman–Crippen MR) is 169 cm³/mol. The first kappa shape index (κ1) is 23.6. The van der Waals surface area contributed by atoms with Gasteiger partial charge < -0.3 is 5.32 Å². The lowest BCUT2D eigenvalue weighted by atomic mass is 9.84. The van der Waals surface area contributed by atoms with Gasteiger partial charge in [-0.25, -0.2) is 4.98 Å². The molecule has 1 aliphatic rings. The highest BCUT2D eigenvalue weighted by atomic mass is 15.0. The fourth-order valence-electron chi connectivity index (χ4n) is 6.49. The molecule has 2 aromatic heterocycles. The van der Waals surface area contributed by atoms with Crippen molar-refractivity contribution in [3.63, 3.8) is 0 Å². The standard InChI is InChI=1S/C38H27N3/c1-3-9-26(10-4-1)36-33-20-18-30-28-13-7-14-31(35-16-8-15-34(40-35)25-21-23-39-24-22-25)29(28)17-19-32(30)38(33)41-37(36)27-11-5-2-6-12-27/h1-24,36-37,41H. The van der Waals surface area contributed by atoms with Crippen LogP contribution in [0.3, 0.4) is 0 Å². The van der Waals surface area contributed by atoms with Crippen molar-refractivity contribution in [3.05, 3.63) is 163 Å². The summed E-state index contributed by atoms with van der Waals surface area (Å²) in [6, 6.07) is 47.9. The second-order valence-corrected chi connectivity index (χ2v) is 10.7. The SMILES string of the molecule is c1ccc(C2Nc3c(ccc4c3ccc3c(-c5cccc(-c6ccncc6)n5)cccc34)C2c2ccccc2)cc1. The van der Waals surface area contributed by atoms with E-state index in [-0.39, 0.29) is 12.0 Å². The van der Waals surface area contributed by atoms with Gasteiger partial charge in [-0.2, -0.15) is 0 Å². The number of pyridine rings is 2. The van der Waals surface area contributed by atoms with E-state index in [4.69, 9.17) is 4.98 Å². The number of aromatic nitrogens is 2. The van der Waals surface area contributed by atoms with Crippen LogP contribution in [0.25, 0.3) is 44.1 Å². The van der Waals surface area contributed by atoms with Gasteiger partial charge in [-0.15, -0.1) is 0 Å². The molecule has 3 heteroatoms. The van der Waals surface area contributed by atoms with E-state index in [1.165, 1.54) is 43.9 Å². The van der Waals surface area contributed by atoms with Crippen LogP contribution in [-0.4, -0.2) is 9.97 Å². The third-order valence-electron chi connectivity index (χ3n) is 8.38. The van der Waals surface area contributed by atoms with Crippen LogP contribution in [0.15, 0.2) is 146 Å². The second-order valence-electron chi connectivity index (χ2n) is 10.7. The van der Waals surface area contributed by atoms with Gasteiger partial charge in [0.1, 0.15) is 0 Å². The van der Waals surface area contributed by atoms with Crippen LogP contribution in [0.4, 0.5) is 5.69 Å². The molecule has 0 amide bonds. The van der Waals surface area contributed by atoms with Crippen LogP contribution in [0.5, 0.6) is 0 Å². The number of fused-ring (bicyclic) bond motifs is 5. The maximum Gasteiger partial charge on any atom is 0.0715 e. The average Bonchev–Trinajstić information content (AvgIpc) is 3.46. The number of nitrogens with zero attached hydrogens (tertiary/aromatic N) is 2. The van der Waals surface area contributed by atoms with Crippen molar-refractivity contribution in [1.29, 1.82) is 0 Å². The molecule has 7 aromatic rings. The molecular formula is C38H27N3. The first-order valence-corrected chi connectivity index (χ1v) is 14.1. The van der Waals surface area contributed by atoms with Gasteiger partial charge in [0.15, 0.2) is 0 Å². The average molecular weight is 526 g/mol. The fourth-order valence-corrected chi connectivity index (χ4v) is 6.49. The van der Waals surface area contributed by atoms with Crippen molar-refractivity contribution in [2.45, 2.75) is 12.0 Å². The number of anilines is 1. The maximum absolute atomic E-state index is 5.05. The van der Waals surface area contributed by atoms with Gasteiger partial charge in [-0.1, -0.05) is 109 Å². The van der Waals surface area contributed by atoms with E-state index in [0.29, 0.717) is 0 Å². The molecule has 2 atom stereocenters. The molecule has 3 nitrogen and oxygen atoms in total. The summed E-state index contributed by atoms with van der Waals surface area (Å²) in [6.07, 6.45) is 3.62. The lowest BCUT2D eigenvalue weighted by Gasteiger charge is -2.21. The monoisotopic (exact) mass is 525 g/mol. The normalized spacial score (nSPS) is 16.0. The minimum Gasteiger partial charge on any atom is -0.377 e. The van der Waals surface area contributed by atoms with E-state index < -0.39 is 0 Å². The fraction of sp³-hybridized carbons (Fsp3) is 0.0526. The molecule has 0 aliphatic carbocycles. The molecule has 41 heavy (non-hydrogen) atoms. The number of hydrogen-bond acceptors (Lipinski definition) is 3. The van der Waals surface area contributed by atoms with Crippen LogP contribution < -0.4 is 5.32 Å². The molecule has 1 aliphatic heterocycles. The summed E-state index contributed by atoms with van der Waals surface area (Å²) in [4.78, 5) is 9.20. The molecule has 0 fully saturated rings. The maximum atomic E-state index is 5.05. The number of hydrogen-bond donors (Lipinski definition) is 1. The Morgan fingerprint density at radius 3 is 1.95 bits per heavy atom. The molecule has 3 heterocycles. The second kappa shape index (κ2) is 9.72. The Labute approximate surface area is 239 Å². The van der Waals surface area contributed by atoms with Crippen molar-refractivity contribution >= 4 is 27.2 Å². The van der Waals surface area contributed by atoms with E-state index >= 15 is 0 Å². The quantitative estimate of drug-likeness (QED) is 0.233. The summed E-state index contributed by atoms with van der Waals surface area (Å²) < 4.78 is 0. The zero-order valence-corrected chi connectivity index (χ0v) is 22.4. The van der Waals surface area contributed by atoms with Gasteiger partial charge in [0.25, 0.3) is 0 Å². The highest BCUT2D eigenvalue weighted by Gasteiger charge is 2.35. The van der Waals surface area contributed by atoms with Crippen molar-refractivity contribution < 1.29 is 0 Å². The molecule has 2 unspecified atom stereocenters. The Balaban J connectivity index is 1.29. The third-order valence-corrected chi connectivity index (χ3v) is 8.38. The molecule has 0 radical (unpaired) electrons. The molecule has 8 rings (SSSR count). The summed E-state index contributed by atoms with van der Waals surface area (Å²) in [7, 11) is 0. The minimum atomic E-state index is 0.168. The van der Waals surface area contributed by atoms with Gasteiger partial charge in [-0.05, 0) is 57.1 Å². The zero-order valence-electron chi connectivity index (χ0n) is 22.4. The Hall–Kier alpha value is -5.28. The lowest BCUT2D eigenvalue weighted by molar-refractivity contribution is 0.713. The Kier molecular flexibility index (Phi) is 5.60. The van der Waals surface area contributed by atoms with Crippen LogP contribution in [0.1, 0.15) is 28.7 Å². The molecule has 1 N–H and O–H groups in total. The highest BCUT2D eigenvalue weighted by molar-refractivity contribution is 6.15. The number of benzene rings is 5. The minimum absolute atomic E-state index is 0.168. The molecule has 0 spiro atoms. The first-order chi connectivity index (χ1) is 20.3. The van der Waals surface area contributed by atoms with Gasteiger partial charge in [0.2, 0.25) is 0 Å².